The molecule has 0 bridgehead atoms. The molecule has 10 heteroatoms. The Morgan fingerprint density at radius 1 is 1.11 bits per heavy atom. The van der Waals surface area contributed by atoms with Crippen LogP contribution in [0.4, 0.5) is 5.69 Å². The summed E-state index contributed by atoms with van der Waals surface area (Å²) in [4.78, 5) is 43.6. The van der Waals surface area contributed by atoms with Gasteiger partial charge in [0.05, 0.1) is 11.7 Å². The average molecular weight is 512 g/mol. The first-order valence-electron chi connectivity index (χ1n) is 10.8. The van der Waals surface area contributed by atoms with Crippen LogP contribution in [0.3, 0.4) is 0 Å². The standard InChI is InChI=1S/C25H22ClN3O5S/c1-15-20-23(35-21(15)25(32)34-13-12-33-19-6-4-3-5-7-19)27-14-29(24(20)31)16(2)22(30)28-18-10-8-17(26)9-11-18/h3-11,14,16H,12-13H2,1-2H3,(H,28,30). The smallest absolute Gasteiger partial charge is 0.348 e. The molecular weight excluding hydrogens is 490 g/mol. The Labute approximate surface area is 210 Å². The van der Waals surface area contributed by atoms with Gasteiger partial charge in [-0.15, -0.1) is 11.3 Å². The predicted molar refractivity (Wildman–Crippen MR) is 136 cm³/mol. The maximum absolute atomic E-state index is 13.2. The lowest BCUT2D eigenvalue weighted by Gasteiger charge is -2.15. The SMILES string of the molecule is Cc1c(C(=O)OCCOc2ccccc2)sc2ncn(C(C)C(=O)Nc3ccc(Cl)cc3)c(=O)c12. The summed E-state index contributed by atoms with van der Waals surface area (Å²) in [6.45, 7) is 3.53. The van der Waals surface area contributed by atoms with E-state index in [0.29, 0.717) is 31.7 Å². The molecule has 2 aromatic carbocycles. The molecule has 4 aromatic rings. The second-order valence-corrected chi connectivity index (χ2v) is 9.10. The second kappa shape index (κ2) is 10.7. The average Bonchev–Trinajstić information content (AvgIpc) is 3.20. The molecule has 4 rings (SSSR count). The fraction of sp³-hybridized carbons (Fsp3) is 0.200. The zero-order valence-corrected chi connectivity index (χ0v) is 20.6. The van der Waals surface area contributed by atoms with Crippen LogP contribution in [0.2, 0.25) is 5.02 Å². The first-order valence-corrected chi connectivity index (χ1v) is 12.0. The van der Waals surface area contributed by atoms with Crippen molar-refractivity contribution in [2.45, 2.75) is 19.9 Å². The molecule has 0 saturated heterocycles. The number of nitrogens with zero attached hydrogens (tertiary/aromatic N) is 2. The number of thiophene rings is 1. The van der Waals surface area contributed by atoms with E-state index in [0.717, 1.165) is 11.3 Å². The molecule has 1 unspecified atom stereocenters. The number of rotatable bonds is 8. The van der Waals surface area contributed by atoms with E-state index >= 15 is 0 Å². The zero-order valence-electron chi connectivity index (χ0n) is 19.0. The molecule has 180 valence electrons. The maximum Gasteiger partial charge on any atom is 0.348 e. The van der Waals surface area contributed by atoms with Crippen molar-refractivity contribution in [3.05, 3.63) is 86.7 Å². The highest BCUT2D eigenvalue weighted by Gasteiger charge is 2.23. The van der Waals surface area contributed by atoms with Crippen LogP contribution in [0, 0.1) is 6.92 Å². The number of anilines is 1. The molecule has 0 saturated carbocycles. The van der Waals surface area contributed by atoms with Crippen LogP contribution in [-0.2, 0) is 9.53 Å². The highest BCUT2D eigenvalue weighted by Crippen LogP contribution is 2.28. The summed E-state index contributed by atoms with van der Waals surface area (Å²) in [6.07, 6.45) is 1.32. The molecule has 2 heterocycles. The number of ether oxygens (including phenoxy) is 2. The third-order valence-electron chi connectivity index (χ3n) is 5.30. The summed E-state index contributed by atoms with van der Waals surface area (Å²) in [5.41, 5.74) is 0.617. The van der Waals surface area contributed by atoms with Crippen molar-refractivity contribution in [2.24, 2.45) is 0 Å². The molecule has 0 radical (unpaired) electrons. The van der Waals surface area contributed by atoms with Gasteiger partial charge in [-0.2, -0.15) is 0 Å². The van der Waals surface area contributed by atoms with Gasteiger partial charge in [-0.05, 0) is 55.8 Å². The van der Waals surface area contributed by atoms with Crippen LogP contribution in [0.5, 0.6) is 5.75 Å². The molecule has 0 aliphatic heterocycles. The van der Waals surface area contributed by atoms with E-state index < -0.39 is 17.6 Å². The number of aryl methyl sites for hydroxylation is 1. The number of hydrogen-bond acceptors (Lipinski definition) is 7. The van der Waals surface area contributed by atoms with E-state index in [1.165, 1.54) is 10.9 Å². The van der Waals surface area contributed by atoms with E-state index in [-0.39, 0.29) is 24.5 Å². The molecule has 1 atom stereocenters. The monoisotopic (exact) mass is 511 g/mol. The van der Waals surface area contributed by atoms with Crippen LogP contribution < -0.4 is 15.6 Å². The fourth-order valence-electron chi connectivity index (χ4n) is 3.39. The largest absolute Gasteiger partial charge is 0.490 e. The molecule has 2 aromatic heterocycles. The molecule has 0 spiro atoms. The minimum absolute atomic E-state index is 0.0565. The first-order chi connectivity index (χ1) is 16.8. The summed E-state index contributed by atoms with van der Waals surface area (Å²) in [5.74, 6) is -0.260. The Hall–Kier alpha value is -3.69. The highest BCUT2D eigenvalue weighted by atomic mass is 35.5. The number of amides is 1. The topological polar surface area (TPSA) is 99.5 Å². The van der Waals surface area contributed by atoms with Crippen LogP contribution in [-0.4, -0.2) is 34.6 Å². The van der Waals surface area contributed by atoms with Crippen molar-refractivity contribution in [1.82, 2.24) is 9.55 Å². The van der Waals surface area contributed by atoms with E-state index in [9.17, 15) is 14.4 Å². The van der Waals surface area contributed by atoms with E-state index in [2.05, 4.69) is 10.3 Å². The summed E-state index contributed by atoms with van der Waals surface area (Å²) < 4.78 is 12.1. The number of aromatic nitrogens is 2. The fourth-order valence-corrected chi connectivity index (χ4v) is 4.55. The number of nitrogens with one attached hydrogen (secondary N) is 1. The third kappa shape index (κ3) is 5.52. The molecule has 0 aliphatic rings. The van der Waals surface area contributed by atoms with E-state index in [4.69, 9.17) is 21.1 Å². The van der Waals surface area contributed by atoms with Crippen molar-refractivity contribution in [3.8, 4) is 5.75 Å². The third-order valence-corrected chi connectivity index (χ3v) is 6.73. The van der Waals surface area contributed by atoms with Gasteiger partial charge in [0.1, 0.15) is 34.7 Å². The number of hydrogen-bond donors (Lipinski definition) is 1. The molecule has 1 amide bonds. The predicted octanol–water partition coefficient (Wildman–Crippen LogP) is 4.86. The van der Waals surface area contributed by atoms with E-state index in [1.54, 1.807) is 38.1 Å². The normalized spacial score (nSPS) is 11.7. The molecular formula is C25H22ClN3O5S. The maximum atomic E-state index is 13.2. The molecule has 35 heavy (non-hydrogen) atoms. The lowest BCUT2D eigenvalue weighted by atomic mass is 10.2. The molecule has 0 fully saturated rings. The Balaban J connectivity index is 1.47. The lowest BCUT2D eigenvalue weighted by molar-refractivity contribution is -0.118. The van der Waals surface area contributed by atoms with Crippen LogP contribution in [0.15, 0.2) is 65.7 Å². The quantitative estimate of drug-likeness (QED) is 0.268. The van der Waals surface area contributed by atoms with Gasteiger partial charge in [0.25, 0.3) is 5.56 Å². The van der Waals surface area contributed by atoms with Crippen molar-refractivity contribution in [2.75, 3.05) is 18.5 Å². The summed E-state index contributed by atoms with van der Waals surface area (Å²) in [7, 11) is 0. The van der Waals surface area contributed by atoms with Crippen molar-refractivity contribution >= 4 is 50.7 Å². The van der Waals surface area contributed by atoms with Gasteiger partial charge in [-0.1, -0.05) is 29.8 Å². The highest BCUT2D eigenvalue weighted by molar-refractivity contribution is 7.20. The molecule has 0 aliphatic carbocycles. The van der Waals surface area contributed by atoms with Crippen molar-refractivity contribution in [1.29, 1.82) is 0 Å². The number of halogens is 1. The number of esters is 1. The Morgan fingerprint density at radius 2 is 1.83 bits per heavy atom. The number of benzene rings is 2. The lowest BCUT2D eigenvalue weighted by Crippen LogP contribution is -2.31. The van der Waals surface area contributed by atoms with Gasteiger partial charge in [-0.25, -0.2) is 9.78 Å². The van der Waals surface area contributed by atoms with Crippen LogP contribution in [0.1, 0.15) is 28.2 Å². The Kier molecular flexibility index (Phi) is 7.48. The van der Waals surface area contributed by atoms with Gasteiger partial charge in [0, 0.05) is 10.7 Å². The minimum Gasteiger partial charge on any atom is -0.490 e. The van der Waals surface area contributed by atoms with Crippen molar-refractivity contribution in [3.63, 3.8) is 0 Å². The van der Waals surface area contributed by atoms with Gasteiger partial charge in [0.15, 0.2) is 0 Å². The molecule has 1 N–H and O–H groups in total. The van der Waals surface area contributed by atoms with Gasteiger partial charge >= 0.3 is 5.97 Å². The van der Waals surface area contributed by atoms with Gasteiger partial charge in [0.2, 0.25) is 5.91 Å². The number of carbonyl (C=O) groups excluding carboxylic acids is 2. The summed E-state index contributed by atoms with van der Waals surface area (Å²) >= 11 is 6.96. The van der Waals surface area contributed by atoms with Crippen molar-refractivity contribution < 1.29 is 19.1 Å². The van der Waals surface area contributed by atoms with Crippen LogP contribution in [0.25, 0.3) is 10.2 Å². The zero-order chi connectivity index (χ0) is 24.9. The van der Waals surface area contributed by atoms with E-state index in [1.807, 2.05) is 30.3 Å². The van der Waals surface area contributed by atoms with Gasteiger partial charge < -0.3 is 14.8 Å². The first kappa shape index (κ1) is 24.4. The number of fused-ring (bicyclic) bond motifs is 1. The number of carbonyl (C=O) groups is 2. The minimum atomic E-state index is -0.833. The summed E-state index contributed by atoms with van der Waals surface area (Å²) in [6, 6.07) is 15.0. The van der Waals surface area contributed by atoms with Crippen LogP contribution >= 0.6 is 22.9 Å². The second-order valence-electron chi connectivity index (χ2n) is 7.66. The van der Waals surface area contributed by atoms with Gasteiger partial charge in [-0.3, -0.25) is 14.2 Å². The number of para-hydroxylation sites is 1. The Morgan fingerprint density at radius 3 is 2.54 bits per heavy atom. The summed E-state index contributed by atoms with van der Waals surface area (Å²) in [5, 5.41) is 3.59. The molecule has 8 nitrogen and oxygen atoms in total. The Bertz CT molecular complexity index is 1420.